The van der Waals surface area contributed by atoms with Gasteiger partial charge in [0.25, 0.3) is 5.69 Å². The van der Waals surface area contributed by atoms with E-state index in [0.29, 0.717) is 0 Å². The molecule has 2 heterocycles. The van der Waals surface area contributed by atoms with Crippen molar-refractivity contribution in [1.29, 1.82) is 0 Å². The van der Waals surface area contributed by atoms with Gasteiger partial charge in [0.1, 0.15) is 11.4 Å². The molecule has 0 saturated carbocycles. The van der Waals surface area contributed by atoms with Crippen LogP contribution in [0.3, 0.4) is 0 Å². The maximum absolute atomic E-state index is 11.1. The molecule has 27 heavy (non-hydrogen) atoms. The van der Waals surface area contributed by atoms with Crippen LogP contribution in [-0.4, -0.2) is 36.0 Å². The van der Waals surface area contributed by atoms with E-state index >= 15 is 0 Å². The van der Waals surface area contributed by atoms with Crippen LogP contribution < -0.4 is 16.9 Å². The lowest BCUT2D eigenvalue weighted by Crippen LogP contribution is -2.04. The van der Waals surface area contributed by atoms with E-state index in [9.17, 15) is 20.2 Å². The Bertz CT molecular complexity index is 1100. The normalized spacial score (nSPS) is 11.0. The molecule has 0 fully saturated rings. The molecule has 0 aliphatic rings. The minimum atomic E-state index is -0.761. The van der Waals surface area contributed by atoms with Crippen molar-refractivity contribution in [1.82, 2.24) is 19.9 Å². The first-order valence-corrected chi connectivity index (χ1v) is 7.13. The summed E-state index contributed by atoms with van der Waals surface area (Å²) < 4.78 is 0. The highest BCUT2D eigenvalue weighted by molar-refractivity contribution is 5.86. The number of nitrogens with two attached hydrogens (primary N) is 2. The third-order valence-corrected chi connectivity index (χ3v) is 3.24. The number of nitro benzene ring substituents is 2. The largest absolute Gasteiger partial charge is 0.382 e. The molecule has 0 spiro atoms. The van der Waals surface area contributed by atoms with Gasteiger partial charge in [-0.2, -0.15) is 15.1 Å². The van der Waals surface area contributed by atoms with Crippen molar-refractivity contribution >= 4 is 46.2 Å². The topological polar surface area (TPSA) is 214 Å². The van der Waals surface area contributed by atoms with Crippen LogP contribution in [0.25, 0.3) is 11.2 Å². The quantitative estimate of drug-likeness (QED) is 0.325. The Balaban J connectivity index is 1.86. The summed E-state index contributed by atoms with van der Waals surface area (Å²) in [4.78, 5) is 36.2. The van der Waals surface area contributed by atoms with Crippen molar-refractivity contribution in [3.05, 3.63) is 50.3 Å². The van der Waals surface area contributed by atoms with Crippen molar-refractivity contribution in [2.45, 2.75) is 0 Å². The summed E-state index contributed by atoms with van der Waals surface area (Å²) >= 11 is 0. The van der Waals surface area contributed by atoms with E-state index in [1.54, 1.807) is 0 Å². The van der Waals surface area contributed by atoms with Crippen LogP contribution in [0.15, 0.2) is 29.5 Å². The number of anilines is 3. The van der Waals surface area contributed by atoms with E-state index < -0.39 is 21.2 Å². The van der Waals surface area contributed by atoms with Gasteiger partial charge in [0, 0.05) is 6.07 Å². The second-order valence-corrected chi connectivity index (χ2v) is 5.02. The first-order chi connectivity index (χ1) is 12.8. The van der Waals surface area contributed by atoms with E-state index in [0.717, 1.165) is 12.1 Å². The third-order valence-electron chi connectivity index (χ3n) is 3.24. The number of hydrogen-bond donors (Lipinski definition) is 3. The zero-order chi connectivity index (χ0) is 19.6. The van der Waals surface area contributed by atoms with E-state index in [1.807, 2.05) is 0 Å². The number of non-ortho nitro benzene ring substituents is 1. The molecule has 136 valence electrons. The highest BCUT2D eigenvalue weighted by Gasteiger charge is 2.19. The second-order valence-electron chi connectivity index (χ2n) is 5.02. The summed E-state index contributed by atoms with van der Waals surface area (Å²) in [5, 5.41) is 25.6. The summed E-state index contributed by atoms with van der Waals surface area (Å²) in [5.74, 6) is 0.00193. The van der Waals surface area contributed by atoms with Crippen LogP contribution in [0, 0.1) is 20.2 Å². The van der Waals surface area contributed by atoms with Gasteiger partial charge in [-0.05, 0) is 6.07 Å². The van der Waals surface area contributed by atoms with Gasteiger partial charge in [-0.15, -0.1) is 0 Å². The van der Waals surface area contributed by atoms with Gasteiger partial charge in [0.2, 0.25) is 5.95 Å². The summed E-state index contributed by atoms with van der Waals surface area (Å²) in [7, 11) is 0. The maximum atomic E-state index is 11.1. The van der Waals surface area contributed by atoms with E-state index in [2.05, 4.69) is 30.5 Å². The minimum absolute atomic E-state index is 0.0359. The summed E-state index contributed by atoms with van der Waals surface area (Å²) in [6.45, 7) is 0. The zero-order valence-electron chi connectivity index (χ0n) is 13.3. The van der Waals surface area contributed by atoms with Gasteiger partial charge < -0.3 is 11.5 Å². The van der Waals surface area contributed by atoms with Crippen LogP contribution in [-0.2, 0) is 0 Å². The Morgan fingerprint density at radius 2 is 1.89 bits per heavy atom. The molecule has 14 nitrogen and oxygen atoms in total. The van der Waals surface area contributed by atoms with Crippen molar-refractivity contribution in [2.75, 3.05) is 16.9 Å². The van der Waals surface area contributed by atoms with Crippen LogP contribution in [0.2, 0.25) is 0 Å². The number of hydrogen-bond acceptors (Lipinski definition) is 12. The predicted molar refractivity (Wildman–Crippen MR) is 94.9 cm³/mol. The predicted octanol–water partition coefficient (Wildman–Crippen LogP) is 0.847. The number of hydrazone groups is 1. The average Bonchev–Trinajstić information content (AvgIpc) is 2.62. The molecule has 14 heteroatoms. The van der Waals surface area contributed by atoms with Crippen molar-refractivity contribution in [3.63, 3.8) is 0 Å². The van der Waals surface area contributed by atoms with Crippen molar-refractivity contribution in [3.8, 4) is 0 Å². The molecule has 0 aliphatic carbocycles. The smallest absolute Gasteiger partial charge is 0.301 e. The molecule has 0 saturated heterocycles. The van der Waals surface area contributed by atoms with Crippen LogP contribution >= 0.6 is 0 Å². The van der Waals surface area contributed by atoms with Gasteiger partial charge in [-0.3, -0.25) is 25.7 Å². The van der Waals surface area contributed by atoms with Crippen LogP contribution in [0.5, 0.6) is 0 Å². The number of nitro groups is 2. The SMILES string of the molecule is Nc1nc(N)c2nc(/C=N/Nc3ccc([N+](=O)[O-])cc3[N+](=O)[O-])cnc2n1. The number of nitrogen functional groups attached to an aromatic ring is 2. The molecular weight excluding hydrogens is 360 g/mol. The number of rotatable bonds is 5. The second kappa shape index (κ2) is 6.79. The Morgan fingerprint density at radius 3 is 2.59 bits per heavy atom. The highest BCUT2D eigenvalue weighted by atomic mass is 16.6. The van der Waals surface area contributed by atoms with Crippen molar-refractivity contribution < 1.29 is 9.85 Å². The zero-order valence-corrected chi connectivity index (χ0v) is 13.3. The van der Waals surface area contributed by atoms with E-state index in [-0.39, 0.29) is 34.3 Å². The maximum Gasteiger partial charge on any atom is 0.301 e. The summed E-state index contributed by atoms with van der Waals surface area (Å²) in [5.41, 5.74) is 13.4. The Kier molecular flexibility index (Phi) is 4.36. The molecule has 0 bridgehead atoms. The Labute approximate surface area is 149 Å². The number of aromatic nitrogens is 4. The first kappa shape index (κ1) is 17.3. The average molecular weight is 370 g/mol. The third kappa shape index (κ3) is 3.63. The number of benzene rings is 1. The minimum Gasteiger partial charge on any atom is -0.382 e. The summed E-state index contributed by atoms with van der Waals surface area (Å²) in [6, 6.07) is 3.12. The molecule has 0 amide bonds. The molecule has 3 aromatic rings. The first-order valence-electron chi connectivity index (χ1n) is 7.13. The lowest BCUT2D eigenvalue weighted by atomic mass is 10.2. The molecule has 1 aromatic carbocycles. The van der Waals surface area contributed by atoms with E-state index in [1.165, 1.54) is 18.5 Å². The van der Waals surface area contributed by atoms with Crippen LogP contribution in [0.1, 0.15) is 5.69 Å². The molecule has 3 rings (SSSR count). The van der Waals surface area contributed by atoms with Gasteiger partial charge >= 0.3 is 5.69 Å². The number of fused-ring (bicyclic) bond motifs is 1. The van der Waals surface area contributed by atoms with Crippen LogP contribution in [0.4, 0.5) is 28.8 Å². The van der Waals surface area contributed by atoms with Gasteiger partial charge in [0.05, 0.1) is 28.3 Å². The van der Waals surface area contributed by atoms with E-state index in [4.69, 9.17) is 11.5 Å². The standard InChI is InChI=1S/C13H10N10O4/c14-11-10-12(20-13(15)19-11)16-4-6(18-10)5-17-21-8-2-1-7(22(24)25)3-9(8)23(26)27/h1-5,21H,(H4,14,15,16,19,20)/b17-5+. The fourth-order valence-electron chi connectivity index (χ4n) is 2.07. The molecule has 2 aromatic heterocycles. The van der Waals surface area contributed by atoms with Gasteiger partial charge in [-0.1, -0.05) is 0 Å². The molecule has 0 aliphatic heterocycles. The lowest BCUT2D eigenvalue weighted by molar-refractivity contribution is -0.393. The molecule has 0 unspecified atom stereocenters. The fourth-order valence-corrected chi connectivity index (χ4v) is 2.07. The lowest BCUT2D eigenvalue weighted by Gasteiger charge is -2.03. The Morgan fingerprint density at radius 1 is 1.11 bits per heavy atom. The monoisotopic (exact) mass is 370 g/mol. The fraction of sp³-hybridized carbons (Fsp3) is 0. The highest BCUT2D eigenvalue weighted by Crippen LogP contribution is 2.28. The molecular formula is C13H10N10O4. The van der Waals surface area contributed by atoms with Gasteiger partial charge in [0.15, 0.2) is 17.0 Å². The Hall–Kier alpha value is -4.49. The molecule has 0 radical (unpaired) electrons. The summed E-state index contributed by atoms with van der Waals surface area (Å²) in [6.07, 6.45) is 2.57. The van der Waals surface area contributed by atoms with Gasteiger partial charge in [-0.25, -0.2) is 9.97 Å². The molecule has 0 atom stereocenters. The number of nitrogens with zero attached hydrogens (tertiary/aromatic N) is 7. The number of nitrogens with one attached hydrogen (secondary N) is 1. The van der Waals surface area contributed by atoms with Crippen molar-refractivity contribution in [2.24, 2.45) is 5.10 Å². The molecule has 5 N–H and O–H groups in total.